The van der Waals surface area contributed by atoms with Gasteiger partial charge in [-0.05, 0) is 12.8 Å². The summed E-state index contributed by atoms with van der Waals surface area (Å²) in [6.45, 7) is 0. The Kier molecular flexibility index (Phi) is 2.07. The van der Waals surface area contributed by atoms with E-state index >= 15 is 0 Å². The van der Waals surface area contributed by atoms with Gasteiger partial charge >= 0.3 is 0 Å². The van der Waals surface area contributed by atoms with Crippen LogP contribution in [-0.4, -0.2) is 5.54 Å². The molecule has 1 aliphatic rings. The van der Waals surface area contributed by atoms with Crippen LogP contribution in [0.1, 0.15) is 24.8 Å². The van der Waals surface area contributed by atoms with Crippen LogP contribution >= 0.6 is 0 Å². The highest BCUT2D eigenvalue weighted by Gasteiger charge is 2.47. The van der Waals surface area contributed by atoms with E-state index in [1.165, 1.54) is 12.1 Å². The average Bonchev–Trinajstić information content (AvgIpc) is 2.84. The molecule has 0 aliphatic heterocycles. The van der Waals surface area contributed by atoms with Gasteiger partial charge in [-0.15, -0.1) is 0 Å². The first-order valence-electron chi connectivity index (χ1n) is 4.74. The van der Waals surface area contributed by atoms with Crippen LogP contribution in [0.5, 0.6) is 0 Å². The number of hydrogen-bond acceptors (Lipinski definition) is 1. The van der Waals surface area contributed by atoms with E-state index in [-0.39, 0.29) is 12.0 Å². The highest BCUT2D eigenvalue weighted by Crippen LogP contribution is 2.45. The molecule has 1 aliphatic carbocycles. The summed E-state index contributed by atoms with van der Waals surface area (Å²) in [5, 5.41) is 0. The summed E-state index contributed by atoms with van der Waals surface area (Å²) in [5.41, 5.74) is 5.14. The molecular formula is C11H13F2N. The van der Waals surface area contributed by atoms with Crippen LogP contribution in [0.4, 0.5) is 8.78 Å². The summed E-state index contributed by atoms with van der Waals surface area (Å²) in [5.74, 6) is -2.79. The number of alkyl halides is 2. The lowest BCUT2D eigenvalue weighted by molar-refractivity contribution is -0.0223. The Bertz CT molecular complexity index is 317. The first kappa shape index (κ1) is 9.59. The van der Waals surface area contributed by atoms with Crippen molar-refractivity contribution >= 4 is 0 Å². The Balaban J connectivity index is 2.15. The largest absolute Gasteiger partial charge is 0.325 e. The fourth-order valence-corrected chi connectivity index (χ4v) is 1.56. The second-order valence-electron chi connectivity index (χ2n) is 4.11. The minimum atomic E-state index is -2.79. The molecule has 1 nitrogen and oxygen atoms in total. The summed E-state index contributed by atoms with van der Waals surface area (Å²) < 4.78 is 27.2. The zero-order valence-corrected chi connectivity index (χ0v) is 7.84. The van der Waals surface area contributed by atoms with Gasteiger partial charge in [0, 0.05) is 17.5 Å². The number of nitrogens with two attached hydrogens (primary N) is 1. The Morgan fingerprint density at radius 2 is 1.79 bits per heavy atom. The highest BCUT2D eigenvalue weighted by atomic mass is 19.3. The zero-order chi connectivity index (χ0) is 10.2. The summed E-state index contributed by atoms with van der Waals surface area (Å²) in [7, 11) is 0. The minimum absolute atomic E-state index is 0.0664. The molecular weight excluding hydrogens is 184 g/mol. The quantitative estimate of drug-likeness (QED) is 0.792. The summed E-state index contributed by atoms with van der Waals surface area (Å²) in [6, 6.07) is 7.88. The Hall–Kier alpha value is -0.960. The molecule has 0 saturated heterocycles. The van der Waals surface area contributed by atoms with Crippen LogP contribution in [0.15, 0.2) is 30.3 Å². The van der Waals surface area contributed by atoms with E-state index in [9.17, 15) is 8.78 Å². The van der Waals surface area contributed by atoms with Crippen molar-refractivity contribution < 1.29 is 8.78 Å². The molecule has 0 bridgehead atoms. The molecule has 2 rings (SSSR count). The van der Waals surface area contributed by atoms with E-state index in [2.05, 4.69) is 0 Å². The van der Waals surface area contributed by atoms with Crippen LogP contribution in [0.25, 0.3) is 0 Å². The molecule has 0 amide bonds. The van der Waals surface area contributed by atoms with Crippen molar-refractivity contribution in [3.05, 3.63) is 35.9 Å². The van der Waals surface area contributed by atoms with Crippen molar-refractivity contribution in [1.82, 2.24) is 0 Å². The third-order valence-electron chi connectivity index (χ3n) is 2.66. The standard InChI is InChI=1S/C11H13F2N/c12-11(13,8-10(14)6-7-10)9-4-2-1-3-5-9/h1-5H,6-8,14H2. The maximum Gasteiger partial charge on any atom is 0.275 e. The molecule has 1 fully saturated rings. The third-order valence-corrected chi connectivity index (χ3v) is 2.66. The molecule has 0 aromatic heterocycles. The first-order chi connectivity index (χ1) is 6.52. The average molecular weight is 197 g/mol. The molecule has 2 N–H and O–H groups in total. The Morgan fingerprint density at radius 1 is 1.21 bits per heavy atom. The lowest BCUT2D eigenvalue weighted by Crippen LogP contribution is -2.30. The van der Waals surface area contributed by atoms with Crippen LogP contribution in [0.2, 0.25) is 0 Å². The van der Waals surface area contributed by atoms with Gasteiger partial charge in [0.25, 0.3) is 5.92 Å². The van der Waals surface area contributed by atoms with Gasteiger partial charge < -0.3 is 5.73 Å². The molecule has 1 saturated carbocycles. The van der Waals surface area contributed by atoms with Gasteiger partial charge in [0.15, 0.2) is 0 Å². The van der Waals surface area contributed by atoms with Crippen LogP contribution < -0.4 is 5.73 Å². The molecule has 1 aromatic carbocycles. The van der Waals surface area contributed by atoms with Crippen molar-refractivity contribution in [3.63, 3.8) is 0 Å². The topological polar surface area (TPSA) is 26.0 Å². The third kappa shape index (κ3) is 1.93. The van der Waals surface area contributed by atoms with Gasteiger partial charge in [0.1, 0.15) is 0 Å². The molecule has 0 unspecified atom stereocenters. The highest BCUT2D eigenvalue weighted by molar-refractivity contribution is 5.21. The summed E-state index contributed by atoms with van der Waals surface area (Å²) in [6.07, 6.45) is 1.20. The molecule has 0 heterocycles. The van der Waals surface area contributed by atoms with E-state index in [1.54, 1.807) is 18.2 Å². The SMILES string of the molecule is NC1(CC(F)(F)c2ccccc2)CC1. The van der Waals surface area contributed by atoms with Crippen molar-refractivity contribution in [2.45, 2.75) is 30.7 Å². The Morgan fingerprint density at radius 3 is 2.29 bits per heavy atom. The molecule has 14 heavy (non-hydrogen) atoms. The predicted molar refractivity (Wildman–Crippen MR) is 51.1 cm³/mol. The summed E-state index contributed by atoms with van der Waals surface area (Å²) in [4.78, 5) is 0. The maximum atomic E-state index is 13.6. The van der Waals surface area contributed by atoms with Gasteiger partial charge in [-0.3, -0.25) is 0 Å². The van der Waals surface area contributed by atoms with E-state index in [1.807, 2.05) is 0 Å². The summed E-state index contributed by atoms with van der Waals surface area (Å²) >= 11 is 0. The van der Waals surface area contributed by atoms with Crippen molar-refractivity contribution in [3.8, 4) is 0 Å². The van der Waals surface area contributed by atoms with Gasteiger partial charge in [-0.2, -0.15) is 0 Å². The monoisotopic (exact) mass is 197 g/mol. The lowest BCUT2D eigenvalue weighted by Gasteiger charge is -2.20. The van der Waals surface area contributed by atoms with Crippen LogP contribution in [-0.2, 0) is 5.92 Å². The number of benzene rings is 1. The fourth-order valence-electron chi connectivity index (χ4n) is 1.56. The van der Waals surface area contributed by atoms with Crippen molar-refractivity contribution in [2.75, 3.05) is 0 Å². The smallest absolute Gasteiger partial charge is 0.275 e. The minimum Gasteiger partial charge on any atom is -0.325 e. The molecule has 0 spiro atoms. The molecule has 3 heteroatoms. The van der Waals surface area contributed by atoms with E-state index in [4.69, 9.17) is 5.73 Å². The molecule has 76 valence electrons. The maximum absolute atomic E-state index is 13.6. The van der Waals surface area contributed by atoms with E-state index in [0.717, 1.165) is 12.8 Å². The predicted octanol–water partition coefficient (Wildman–Crippen LogP) is 2.66. The molecule has 0 radical (unpaired) electrons. The normalized spacial score (nSPS) is 19.4. The molecule has 0 atom stereocenters. The van der Waals surface area contributed by atoms with Gasteiger partial charge in [-0.25, -0.2) is 8.78 Å². The molecule has 1 aromatic rings. The fraction of sp³-hybridized carbons (Fsp3) is 0.455. The second-order valence-corrected chi connectivity index (χ2v) is 4.11. The number of rotatable bonds is 3. The van der Waals surface area contributed by atoms with Crippen molar-refractivity contribution in [1.29, 1.82) is 0 Å². The van der Waals surface area contributed by atoms with E-state index in [0.29, 0.717) is 0 Å². The van der Waals surface area contributed by atoms with Crippen molar-refractivity contribution in [2.24, 2.45) is 5.73 Å². The van der Waals surface area contributed by atoms with E-state index < -0.39 is 11.5 Å². The van der Waals surface area contributed by atoms with Gasteiger partial charge in [0.05, 0.1) is 0 Å². The second kappa shape index (κ2) is 3.02. The number of halogens is 2. The van der Waals surface area contributed by atoms with Crippen LogP contribution in [0, 0.1) is 0 Å². The lowest BCUT2D eigenvalue weighted by atomic mass is 10.0. The number of hydrogen-bond donors (Lipinski definition) is 1. The Labute approximate surface area is 81.9 Å². The van der Waals surface area contributed by atoms with Crippen LogP contribution in [0.3, 0.4) is 0 Å². The van der Waals surface area contributed by atoms with Gasteiger partial charge in [-0.1, -0.05) is 30.3 Å². The first-order valence-corrected chi connectivity index (χ1v) is 4.74. The van der Waals surface area contributed by atoms with Gasteiger partial charge in [0.2, 0.25) is 0 Å². The zero-order valence-electron chi connectivity index (χ0n) is 7.84.